The van der Waals surface area contributed by atoms with Gasteiger partial charge in [0.1, 0.15) is 11.8 Å². The highest BCUT2D eigenvalue weighted by molar-refractivity contribution is 6.00. The third kappa shape index (κ3) is 4.43. The fraction of sp³-hybridized carbons (Fsp3) is 0.310. The molecule has 1 atom stereocenters. The molecule has 3 aromatic carbocycles. The van der Waals surface area contributed by atoms with Gasteiger partial charge in [0.15, 0.2) is 0 Å². The molecule has 5 heteroatoms. The number of carbonyl (C=O) groups is 2. The summed E-state index contributed by atoms with van der Waals surface area (Å²) in [6, 6.07) is 22.7. The van der Waals surface area contributed by atoms with E-state index in [1.54, 1.807) is 0 Å². The maximum absolute atomic E-state index is 13.4. The number of carbonyl (C=O) groups excluding carboxylic acids is 2. The van der Waals surface area contributed by atoms with E-state index in [-0.39, 0.29) is 23.6 Å². The topological polar surface area (TPSA) is 69.6 Å². The zero-order valence-electron chi connectivity index (χ0n) is 19.2. The third-order valence-corrected chi connectivity index (χ3v) is 7.07. The van der Waals surface area contributed by atoms with Crippen molar-refractivity contribution in [2.24, 2.45) is 0 Å². The van der Waals surface area contributed by atoms with Gasteiger partial charge in [0.05, 0.1) is 0 Å². The number of phenolic OH excluding ortho intramolecular Hbond substituents is 1. The second-order valence-electron chi connectivity index (χ2n) is 9.29. The quantitative estimate of drug-likeness (QED) is 0.465. The lowest BCUT2D eigenvalue weighted by Crippen LogP contribution is -2.48. The summed E-state index contributed by atoms with van der Waals surface area (Å²) in [6.45, 7) is 0. The Labute approximate surface area is 200 Å². The molecular formula is C29H30N2O3. The molecule has 5 nitrogen and oxygen atoms in total. The Morgan fingerprint density at radius 2 is 1.38 bits per heavy atom. The van der Waals surface area contributed by atoms with Gasteiger partial charge in [-0.3, -0.25) is 9.59 Å². The summed E-state index contributed by atoms with van der Waals surface area (Å²) >= 11 is 0. The summed E-state index contributed by atoms with van der Waals surface area (Å²) in [6.07, 6.45) is 6.36. The Balaban J connectivity index is 1.48. The highest BCUT2D eigenvalue weighted by Crippen LogP contribution is 2.41. The summed E-state index contributed by atoms with van der Waals surface area (Å²) in [5, 5.41) is 14.2. The van der Waals surface area contributed by atoms with Gasteiger partial charge in [0.2, 0.25) is 11.8 Å². The van der Waals surface area contributed by atoms with Gasteiger partial charge in [-0.15, -0.1) is 0 Å². The molecule has 2 amide bonds. The molecule has 174 valence electrons. The Hall–Kier alpha value is -3.60. The minimum absolute atomic E-state index is 0.0905. The van der Waals surface area contributed by atoms with Crippen LogP contribution in [0.5, 0.6) is 5.75 Å². The van der Waals surface area contributed by atoms with Crippen molar-refractivity contribution in [1.82, 2.24) is 4.90 Å². The van der Waals surface area contributed by atoms with Crippen LogP contribution in [0.3, 0.4) is 0 Å². The lowest BCUT2D eigenvalue weighted by atomic mass is 9.93. The van der Waals surface area contributed by atoms with Gasteiger partial charge >= 0.3 is 0 Å². The first kappa shape index (κ1) is 22.2. The number of nitrogens with one attached hydrogen (secondary N) is 1. The van der Waals surface area contributed by atoms with Crippen molar-refractivity contribution in [2.75, 3.05) is 5.32 Å². The third-order valence-electron chi connectivity index (χ3n) is 7.07. The van der Waals surface area contributed by atoms with Gasteiger partial charge in [0.25, 0.3) is 0 Å². The van der Waals surface area contributed by atoms with Gasteiger partial charge < -0.3 is 15.3 Å². The molecule has 0 bridgehead atoms. The first-order valence-electron chi connectivity index (χ1n) is 12.2. The zero-order chi connectivity index (χ0) is 23.5. The number of hydrogen-bond acceptors (Lipinski definition) is 3. The Kier molecular flexibility index (Phi) is 6.35. The molecule has 2 N–H and O–H groups in total. The van der Waals surface area contributed by atoms with E-state index in [1.165, 1.54) is 6.42 Å². The van der Waals surface area contributed by atoms with E-state index in [0.29, 0.717) is 29.7 Å². The lowest BCUT2D eigenvalue weighted by Gasteiger charge is -2.35. The summed E-state index contributed by atoms with van der Waals surface area (Å²) in [5.74, 6) is 0.114. The van der Waals surface area contributed by atoms with Gasteiger partial charge in [0, 0.05) is 29.3 Å². The maximum atomic E-state index is 13.4. The van der Waals surface area contributed by atoms with Crippen molar-refractivity contribution in [2.45, 2.75) is 57.0 Å². The number of aromatic hydroxyl groups is 1. The molecule has 0 aromatic heterocycles. The minimum atomic E-state index is -0.440. The number of benzene rings is 3. The Morgan fingerprint density at radius 1 is 0.824 bits per heavy atom. The summed E-state index contributed by atoms with van der Waals surface area (Å²) in [7, 11) is 0. The van der Waals surface area contributed by atoms with Crippen molar-refractivity contribution in [3.8, 4) is 28.0 Å². The number of anilines is 1. The zero-order valence-corrected chi connectivity index (χ0v) is 19.2. The van der Waals surface area contributed by atoms with Crippen LogP contribution in [0.15, 0.2) is 72.8 Å². The van der Waals surface area contributed by atoms with Crippen molar-refractivity contribution < 1.29 is 14.7 Å². The largest absolute Gasteiger partial charge is 0.507 e. The van der Waals surface area contributed by atoms with E-state index in [2.05, 4.69) is 5.32 Å². The van der Waals surface area contributed by atoms with Crippen LogP contribution < -0.4 is 5.32 Å². The second-order valence-corrected chi connectivity index (χ2v) is 9.29. The molecular weight excluding hydrogens is 424 g/mol. The number of nitrogens with zero attached hydrogens (tertiary/aromatic N) is 1. The van der Waals surface area contributed by atoms with Crippen molar-refractivity contribution in [3.63, 3.8) is 0 Å². The van der Waals surface area contributed by atoms with Crippen LogP contribution >= 0.6 is 0 Å². The van der Waals surface area contributed by atoms with Gasteiger partial charge in [-0.1, -0.05) is 79.9 Å². The summed E-state index contributed by atoms with van der Waals surface area (Å²) < 4.78 is 0. The SMILES string of the molecule is O=C(Nc1cc(-c2ccccc2)c(O)c(-c2ccccc2)c1)C1CCC(=O)N1C1CCCCC1. The molecule has 0 spiro atoms. The maximum Gasteiger partial charge on any atom is 0.247 e. The van der Waals surface area contributed by atoms with Crippen LogP contribution in [-0.4, -0.2) is 33.9 Å². The van der Waals surface area contributed by atoms with Gasteiger partial charge in [-0.2, -0.15) is 0 Å². The minimum Gasteiger partial charge on any atom is -0.507 e. The van der Waals surface area contributed by atoms with Gasteiger partial charge in [-0.25, -0.2) is 0 Å². The van der Waals surface area contributed by atoms with Gasteiger partial charge in [-0.05, 0) is 42.5 Å². The average molecular weight is 455 g/mol. The van der Waals surface area contributed by atoms with Crippen LogP contribution in [0.25, 0.3) is 22.3 Å². The van der Waals surface area contributed by atoms with E-state index in [1.807, 2.05) is 77.7 Å². The Morgan fingerprint density at radius 3 is 1.94 bits per heavy atom. The molecule has 1 heterocycles. The number of phenols is 1. The molecule has 1 saturated carbocycles. The first-order chi connectivity index (χ1) is 16.6. The van der Waals surface area contributed by atoms with Crippen LogP contribution in [0.4, 0.5) is 5.69 Å². The fourth-order valence-corrected chi connectivity index (χ4v) is 5.38. The first-order valence-corrected chi connectivity index (χ1v) is 12.2. The molecule has 34 heavy (non-hydrogen) atoms. The van der Waals surface area contributed by atoms with Crippen LogP contribution in [0, 0.1) is 0 Å². The normalized spacial score (nSPS) is 18.8. The highest BCUT2D eigenvalue weighted by atomic mass is 16.3. The molecule has 1 aliphatic heterocycles. The summed E-state index contributed by atoms with van der Waals surface area (Å²) in [4.78, 5) is 28.0. The average Bonchev–Trinajstić information content (AvgIpc) is 3.28. The lowest BCUT2D eigenvalue weighted by molar-refractivity contribution is -0.136. The second kappa shape index (κ2) is 9.72. The van der Waals surface area contributed by atoms with Crippen molar-refractivity contribution in [1.29, 1.82) is 0 Å². The van der Waals surface area contributed by atoms with E-state index in [4.69, 9.17) is 0 Å². The molecule has 1 unspecified atom stereocenters. The van der Waals surface area contributed by atoms with Crippen molar-refractivity contribution in [3.05, 3.63) is 72.8 Å². The van der Waals surface area contributed by atoms with E-state index in [9.17, 15) is 14.7 Å². The highest BCUT2D eigenvalue weighted by Gasteiger charge is 2.40. The predicted molar refractivity (Wildman–Crippen MR) is 134 cm³/mol. The smallest absolute Gasteiger partial charge is 0.247 e. The number of hydrogen-bond donors (Lipinski definition) is 2. The molecule has 1 saturated heterocycles. The molecule has 0 radical (unpaired) electrons. The number of amides is 2. The monoisotopic (exact) mass is 454 g/mol. The van der Waals surface area contributed by atoms with Crippen LogP contribution in [0.2, 0.25) is 0 Å². The van der Waals surface area contributed by atoms with E-state index >= 15 is 0 Å². The van der Waals surface area contributed by atoms with Crippen molar-refractivity contribution >= 4 is 17.5 Å². The standard InChI is InChI=1S/C29H30N2O3/c32-27-17-16-26(31(27)23-14-8-3-9-15-23)29(34)30-22-18-24(20-10-4-1-5-11-20)28(33)25(19-22)21-12-6-2-7-13-21/h1-2,4-7,10-13,18-19,23,26,33H,3,8-9,14-17H2,(H,30,34). The molecule has 1 aliphatic carbocycles. The molecule has 2 fully saturated rings. The molecule has 3 aromatic rings. The molecule has 2 aliphatic rings. The number of likely N-dealkylation sites (tertiary alicyclic amines) is 1. The van der Waals surface area contributed by atoms with Crippen LogP contribution in [0.1, 0.15) is 44.9 Å². The van der Waals surface area contributed by atoms with Crippen LogP contribution in [-0.2, 0) is 9.59 Å². The van der Waals surface area contributed by atoms with E-state index in [0.717, 1.165) is 36.8 Å². The fourth-order valence-electron chi connectivity index (χ4n) is 5.38. The van der Waals surface area contributed by atoms with E-state index < -0.39 is 6.04 Å². The summed E-state index contributed by atoms with van der Waals surface area (Å²) in [5.41, 5.74) is 3.66. The predicted octanol–water partition coefficient (Wildman–Crippen LogP) is 5.99. The number of rotatable bonds is 5. The Bertz CT molecular complexity index is 1110. The molecule has 5 rings (SSSR count).